The minimum atomic E-state index is -5.03. The third kappa shape index (κ3) is 7.23. The highest BCUT2D eigenvalue weighted by atomic mass is 32.2. The molecule has 41 heavy (non-hydrogen) atoms. The van der Waals surface area contributed by atoms with Gasteiger partial charge in [-0.1, -0.05) is 44.2 Å². The number of carbonyl (C=O) groups excluding carboxylic acids is 1. The van der Waals surface area contributed by atoms with Gasteiger partial charge in [0, 0.05) is 0 Å². The molecule has 0 aliphatic carbocycles. The number of halogens is 4. The van der Waals surface area contributed by atoms with Gasteiger partial charge in [0.2, 0.25) is 0 Å². The number of phenolic OH excluding ortho intramolecular Hbond substituents is 1. The van der Waals surface area contributed by atoms with Gasteiger partial charge in [0.15, 0.2) is 9.84 Å². The molecule has 0 bridgehead atoms. The minimum Gasteiger partial charge on any atom is -0.507 e. The van der Waals surface area contributed by atoms with Gasteiger partial charge < -0.3 is 15.5 Å². The summed E-state index contributed by atoms with van der Waals surface area (Å²) in [7, 11) is -4.48. The third-order valence-corrected chi connectivity index (χ3v) is 8.74. The van der Waals surface area contributed by atoms with Crippen molar-refractivity contribution in [3.63, 3.8) is 0 Å². The molecule has 3 aromatic carbocycles. The summed E-state index contributed by atoms with van der Waals surface area (Å²) in [5.41, 5.74) is -5.67. The molecule has 0 radical (unpaired) electrons. The van der Waals surface area contributed by atoms with E-state index >= 15 is 0 Å². The molecule has 3 N–H and O–H groups in total. The van der Waals surface area contributed by atoms with E-state index in [9.17, 15) is 46.2 Å². The van der Waals surface area contributed by atoms with Crippen molar-refractivity contribution in [3.05, 3.63) is 100 Å². The van der Waals surface area contributed by atoms with Crippen molar-refractivity contribution in [1.29, 1.82) is 5.26 Å². The van der Waals surface area contributed by atoms with Gasteiger partial charge >= 0.3 is 6.18 Å². The van der Waals surface area contributed by atoms with Crippen LogP contribution < -0.4 is 5.32 Å². The fourth-order valence-electron chi connectivity index (χ4n) is 4.42. The summed E-state index contributed by atoms with van der Waals surface area (Å²) in [6.07, 6.45) is -4.93. The molecule has 0 heterocycles. The molecule has 0 aliphatic heterocycles. The maximum Gasteiger partial charge on any atom is 0.417 e. The Kier molecular flexibility index (Phi) is 9.46. The Labute approximate surface area is 235 Å². The predicted molar refractivity (Wildman–Crippen MR) is 143 cm³/mol. The number of hydrogen-bond acceptors (Lipinski definition) is 6. The van der Waals surface area contributed by atoms with Gasteiger partial charge in [0.1, 0.15) is 22.4 Å². The lowest BCUT2D eigenvalue weighted by Crippen LogP contribution is -2.48. The average molecular weight is 593 g/mol. The molecule has 3 rings (SSSR count). The Morgan fingerprint density at radius 1 is 1.05 bits per heavy atom. The number of aliphatic hydroxyl groups is 1. The number of nitrogens with one attached hydrogen (secondary N) is 1. The summed E-state index contributed by atoms with van der Waals surface area (Å²) >= 11 is 0. The number of alkyl halides is 3. The van der Waals surface area contributed by atoms with E-state index in [-0.39, 0.29) is 23.5 Å². The van der Waals surface area contributed by atoms with Gasteiger partial charge in [-0.25, -0.2) is 12.8 Å². The molecule has 0 fully saturated rings. The third-order valence-electron chi connectivity index (χ3n) is 6.56. The van der Waals surface area contributed by atoms with Crippen LogP contribution in [0.15, 0.2) is 66.7 Å². The predicted octanol–water partition coefficient (Wildman–Crippen LogP) is 5.24. The van der Waals surface area contributed by atoms with Crippen LogP contribution in [0.3, 0.4) is 0 Å². The molecule has 0 saturated carbocycles. The number of benzene rings is 3. The van der Waals surface area contributed by atoms with Crippen LogP contribution >= 0.6 is 0 Å². The first kappa shape index (κ1) is 31.6. The normalized spacial score (nSPS) is 14.2. The molecule has 0 spiro atoms. The number of hydrogen-bond donors (Lipinski definition) is 3. The van der Waals surface area contributed by atoms with E-state index in [4.69, 9.17) is 0 Å². The Morgan fingerprint density at radius 2 is 1.68 bits per heavy atom. The van der Waals surface area contributed by atoms with Crippen molar-refractivity contribution in [2.45, 2.75) is 37.3 Å². The Bertz CT molecular complexity index is 1550. The molecule has 12 heteroatoms. The molecule has 0 aliphatic rings. The van der Waals surface area contributed by atoms with Crippen LogP contribution in [0.4, 0.5) is 17.6 Å². The first-order chi connectivity index (χ1) is 19.1. The number of amides is 1. The van der Waals surface area contributed by atoms with E-state index in [1.165, 1.54) is 30.3 Å². The van der Waals surface area contributed by atoms with Gasteiger partial charge in [0.25, 0.3) is 5.91 Å². The lowest BCUT2D eigenvalue weighted by atomic mass is 9.85. The first-order valence-corrected chi connectivity index (χ1v) is 14.2. The van der Waals surface area contributed by atoms with Crippen LogP contribution in [0.2, 0.25) is 0 Å². The molecular weight excluding hydrogens is 564 g/mol. The Morgan fingerprint density at radius 3 is 2.24 bits per heavy atom. The topological polar surface area (TPSA) is 127 Å². The number of nitrogens with zero attached hydrogens (tertiary/aromatic N) is 1. The molecular formula is C29H28F4N2O5S. The summed E-state index contributed by atoms with van der Waals surface area (Å²) < 4.78 is 83.2. The van der Waals surface area contributed by atoms with Crippen LogP contribution in [0.5, 0.6) is 5.75 Å². The highest BCUT2D eigenvalue weighted by Gasteiger charge is 2.48. The zero-order valence-corrected chi connectivity index (χ0v) is 22.9. The van der Waals surface area contributed by atoms with E-state index in [0.29, 0.717) is 6.07 Å². The van der Waals surface area contributed by atoms with Crippen molar-refractivity contribution in [3.8, 4) is 11.8 Å². The molecule has 2 atom stereocenters. The summed E-state index contributed by atoms with van der Waals surface area (Å²) in [6, 6.07) is 13.2. The lowest BCUT2D eigenvalue weighted by molar-refractivity contribution is -0.137. The Balaban J connectivity index is 2.26. The molecule has 0 aromatic heterocycles. The number of rotatable bonds is 10. The van der Waals surface area contributed by atoms with Gasteiger partial charge in [-0.2, -0.15) is 18.4 Å². The maximum absolute atomic E-state index is 13.9. The summed E-state index contributed by atoms with van der Waals surface area (Å²) in [5.74, 6) is -2.70. The zero-order valence-electron chi connectivity index (χ0n) is 22.1. The first-order valence-electron chi connectivity index (χ1n) is 12.5. The number of phenols is 1. The van der Waals surface area contributed by atoms with Crippen molar-refractivity contribution in [2.24, 2.45) is 5.92 Å². The minimum absolute atomic E-state index is 0.102. The summed E-state index contributed by atoms with van der Waals surface area (Å²) in [4.78, 5) is 12.9. The molecule has 2 unspecified atom stereocenters. The van der Waals surface area contributed by atoms with Gasteiger partial charge in [-0.05, 0) is 59.9 Å². The number of carbonyl (C=O) groups is 1. The number of para-hydroxylation sites is 1. The smallest absolute Gasteiger partial charge is 0.417 e. The van der Waals surface area contributed by atoms with Gasteiger partial charge in [0.05, 0.1) is 35.1 Å². The molecule has 7 nitrogen and oxygen atoms in total. The second-order valence-electron chi connectivity index (χ2n) is 9.98. The van der Waals surface area contributed by atoms with Crippen LogP contribution in [0.25, 0.3) is 0 Å². The number of sulfone groups is 1. The molecule has 218 valence electrons. The van der Waals surface area contributed by atoms with Crippen molar-refractivity contribution >= 4 is 15.7 Å². The highest BCUT2D eigenvalue weighted by molar-refractivity contribution is 7.91. The molecule has 3 aromatic rings. The quantitative estimate of drug-likeness (QED) is 0.276. The number of aromatic hydroxyl groups is 1. The van der Waals surface area contributed by atoms with E-state index in [2.05, 4.69) is 5.32 Å². The molecule has 1 amide bonds. The fraction of sp³-hybridized carbons (Fsp3) is 0.310. The zero-order chi connectivity index (χ0) is 30.6. The highest BCUT2D eigenvalue weighted by Crippen LogP contribution is 2.44. The second-order valence-corrected chi connectivity index (χ2v) is 12.2. The standard InChI is InChI=1S/C29H28F4N2O5S/c1-18(2)13-14-41(39,40)26(19-7-8-20(16-34)24(15-19)29(31,32)33)28(38,21-9-11-22(30)12-10-21)17-35-27(37)23-5-3-4-6-25(23)36/h3-12,15,18,26,36,38H,13-14,17H2,1-2H3,(H,35,37). The van der Waals surface area contributed by atoms with Gasteiger partial charge in [-0.3, -0.25) is 4.79 Å². The van der Waals surface area contributed by atoms with E-state index in [1.54, 1.807) is 13.8 Å². The van der Waals surface area contributed by atoms with Crippen LogP contribution in [0.1, 0.15) is 58.1 Å². The summed E-state index contributed by atoms with van der Waals surface area (Å²) in [5, 5.41) is 31.7. The average Bonchev–Trinajstić information content (AvgIpc) is 2.90. The van der Waals surface area contributed by atoms with Crippen LogP contribution in [-0.4, -0.2) is 36.8 Å². The summed E-state index contributed by atoms with van der Waals surface area (Å²) in [6.45, 7) is 2.64. The van der Waals surface area contributed by atoms with Crippen LogP contribution in [0, 0.1) is 23.1 Å². The monoisotopic (exact) mass is 592 g/mol. The SMILES string of the molecule is CC(C)CCS(=O)(=O)C(c1ccc(C#N)c(C(F)(F)F)c1)C(O)(CNC(=O)c1ccccc1O)c1ccc(F)cc1. The van der Waals surface area contributed by atoms with Crippen molar-refractivity contribution in [2.75, 3.05) is 12.3 Å². The fourth-order valence-corrected chi connectivity index (χ4v) is 6.83. The van der Waals surface area contributed by atoms with Crippen molar-refractivity contribution < 1.29 is 41.0 Å². The van der Waals surface area contributed by atoms with Gasteiger partial charge in [-0.15, -0.1) is 0 Å². The van der Waals surface area contributed by atoms with Crippen LogP contribution in [-0.2, 0) is 21.6 Å². The van der Waals surface area contributed by atoms with E-state index in [0.717, 1.165) is 36.4 Å². The second kappa shape index (κ2) is 12.3. The lowest BCUT2D eigenvalue weighted by Gasteiger charge is -2.37. The molecule has 0 saturated heterocycles. The van der Waals surface area contributed by atoms with E-state index < -0.39 is 73.3 Å². The largest absolute Gasteiger partial charge is 0.507 e. The Hall–Kier alpha value is -3.95. The van der Waals surface area contributed by atoms with E-state index in [1.807, 2.05) is 0 Å². The number of nitriles is 1. The van der Waals surface area contributed by atoms with Crippen molar-refractivity contribution in [1.82, 2.24) is 5.32 Å². The maximum atomic E-state index is 13.9.